The highest BCUT2D eigenvalue weighted by atomic mass is 16.5. The molecular weight excluding hydrogens is 270 g/mol. The minimum absolute atomic E-state index is 0.145. The van der Waals surface area contributed by atoms with Crippen LogP contribution >= 0.6 is 0 Å². The molecule has 7 heteroatoms. The van der Waals surface area contributed by atoms with Crippen LogP contribution in [0.1, 0.15) is 23.9 Å². The number of benzene rings is 1. The number of ether oxygens (including phenoxy) is 1. The summed E-state index contributed by atoms with van der Waals surface area (Å²) in [6.45, 7) is 1.23. The van der Waals surface area contributed by atoms with Crippen LogP contribution in [0.2, 0.25) is 0 Å². The Hall–Kier alpha value is -1.99. The van der Waals surface area contributed by atoms with Gasteiger partial charge in [0.2, 0.25) is 0 Å². The average molecular weight is 289 g/mol. The fraction of sp³-hybridized carbons (Fsp3) is 0.500. The van der Waals surface area contributed by atoms with Gasteiger partial charge < -0.3 is 9.84 Å². The second-order valence-electron chi connectivity index (χ2n) is 5.33. The number of aliphatic hydroxyl groups is 1. The molecule has 0 amide bonds. The van der Waals surface area contributed by atoms with Gasteiger partial charge in [-0.2, -0.15) is 0 Å². The van der Waals surface area contributed by atoms with E-state index in [0.29, 0.717) is 19.5 Å². The second kappa shape index (κ2) is 5.79. The summed E-state index contributed by atoms with van der Waals surface area (Å²) in [4.78, 5) is 2.20. The maximum absolute atomic E-state index is 10.0. The third kappa shape index (κ3) is 2.88. The van der Waals surface area contributed by atoms with Gasteiger partial charge in [-0.25, -0.2) is 4.68 Å². The number of hydrogen-bond donors (Lipinski definition) is 1. The first-order chi connectivity index (χ1) is 10.2. The van der Waals surface area contributed by atoms with Crippen LogP contribution in [0.25, 0.3) is 0 Å². The van der Waals surface area contributed by atoms with Crippen molar-refractivity contribution in [2.75, 3.05) is 13.7 Å². The summed E-state index contributed by atoms with van der Waals surface area (Å²) in [6, 6.07) is 8.12. The Labute approximate surface area is 123 Å². The summed E-state index contributed by atoms with van der Waals surface area (Å²) in [5.41, 5.74) is 1.14. The van der Waals surface area contributed by atoms with Gasteiger partial charge in [-0.1, -0.05) is 12.1 Å². The number of β-amino-alcohol motifs (C(OH)–C–C–N with tert-alkyl or cyclic N) is 1. The van der Waals surface area contributed by atoms with Gasteiger partial charge in [0.05, 0.1) is 19.8 Å². The molecule has 7 nitrogen and oxygen atoms in total. The fourth-order valence-electron chi connectivity index (χ4n) is 2.81. The zero-order chi connectivity index (χ0) is 14.8. The Morgan fingerprint density at radius 3 is 3.00 bits per heavy atom. The Morgan fingerprint density at radius 1 is 1.43 bits per heavy atom. The molecule has 2 atom stereocenters. The third-order valence-electron chi connectivity index (χ3n) is 3.91. The highest BCUT2D eigenvalue weighted by molar-refractivity contribution is 5.31. The van der Waals surface area contributed by atoms with Crippen LogP contribution in [0.5, 0.6) is 5.75 Å². The summed E-state index contributed by atoms with van der Waals surface area (Å²) in [6.07, 6.45) is 0.376. The summed E-state index contributed by atoms with van der Waals surface area (Å²) >= 11 is 0. The molecule has 2 aromatic rings. The molecule has 1 N–H and O–H groups in total. The Balaban J connectivity index is 1.83. The minimum atomic E-state index is -0.331. The lowest BCUT2D eigenvalue weighted by Gasteiger charge is -2.23. The van der Waals surface area contributed by atoms with Crippen molar-refractivity contribution in [3.05, 3.63) is 35.7 Å². The molecule has 1 aromatic carbocycles. The fourth-order valence-corrected chi connectivity index (χ4v) is 2.81. The lowest BCUT2D eigenvalue weighted by molar-refractivity contribution is 0.170. The van der Waals surface area contributed by atoms with Gasteiger partial charge in [0.15, 0.2) is 5.82 Å². The van der Waals surface area contributed by atoms with Crippen LogP contribution in [-0.4, -0.2) is 50.0 Å². The predicted octanol–water partition coefficient (Wildman–Crippen LogP) is 0.527. The molecule has 2 heterocycles. The van der Waals surface area contributed by atoms with Gasteiger partial charge in [0.25, 0.3) is 0 Å². The molecule has 21 heavy (non-hydrogen) atoms. The standard InChI is InChI=1S/C14H19N5O2/c1-18-14(15-16-17-18)9-19-8-11(20)7-13(19)10-4-3-5-12(6-10)21-2/h3-6,11,13,20H,7-9H2,1-2H3. The van der Waals surface area contributed by atoms with Crippen molar-refractivity contribution in [1.29, 1.82) is 0 Å². The molecule has 0 saturated carbocycles. The van der Waals surface area contributed by atoms with Crippen molar-refractivity contribution in [3.8, 4) is 5.75 Å². The zero-order valence-corrected chi connectivity index (χ0v) is 12.2. The number of hydrogen-bond acceptors (Lipinski definition) is 6. The molecular formula is C14H19N5O2. The molecule has 1 fully saturated rings. The van der Waals surface area contributed by atoms with Crippen molar-refractivity contribution < 1.29 is 9.84 Å². The summed E-state index contributed by atoms with van der Waals surface area (Å²) < 4.78 is 6.94. The topological polar surface area (TPSA) is 76.3 Å². The monoisotopic (exact) mass is 289 g/mol. The number of nitrogens with zero attached hydrogens (tertiary/aromatic N) is 5. The Kier molecular flexibility index (Phi) is 3.85. The molecule has 1 aliphatic heterocycles. The quantitative estimate of drug-likeness (QED) is 0.884. The van der Waals surface area contributed by atoms with Crippen molar-refractivity contribution in [2.45, 2.75) is 25.1 Å². The van der Waals surface area contributed by atoms with Crippen molar-refractivity contribution in [3.63, 3.8) is 0 Å². The first-order valence-corrected chi connectivity index (χ1v) is 6.94. The summed E-state index contributed by atoms with van der Waals surface area (Å²) in [5, 5.41) is 21.6. The van der Waals surface area contributed by atoms with E-state index >= 15 is 0 Å². The van der Waals surface area contributed by atoms with E-state index in [2.05, 4.69) is 26.5 Å². The van der Waals surface area contributed by atoms with E-state index in [0.717, 1.165) is 17.1 Å². The first kappa shape index (κ1) is 14.0. The van der Waals surface area contributed by atoms with Crippen molar-refractivity contribution >= 4 is 0 Å². The number of likely N-dealkylation sites (tertiary alicyclic amines) is 1. The maximum Gasteiger partial charge on any atom is 0.165 e. The van der Waals surface area contributed by atoms with E-state index < -0.39 is 0 Å². The van der Waals surface area contributed by atoms with Crippen LogP contribution in [0.15, 0.2) is 24.3 Å². The molecule has 2 unspecified atom stereocenters. The second-order valence-corrected chi connectivity index (χ2v) is 5.33. The first-order valence-electron chi connectivity index (χ1n) is 6.94. The largest absolute Gasteiger partial charge is 0.497 e. The number of tetrazole rings is 1. The summed E-state index contributed by atoms with van der Waals surface area (Å²) in [7, 11) is 3.48. The van der Waals surface area contributed by atoms with Crippen LogP contribution in [-0.2, 0) is 13.6 Å². The number of rotatable bonds is 4. The molecule has 0 bridgehead atoms. The Bertz CT molecular complexity index is 615. The summed E-state index contributed by atoms with van der Waals surface area (Å²) in [5.74, 6) is 1.62. The van der Waals surface area contributed by atoms with Crippen molar-refractivity contribution in [1.82, 2.24) is 25.1 Å². The van der Waals surface area contributed by atoms with Gasteiger partial charge in [0.1, 0.15) is 5.75 Å². The SMILES string of the molecule is COc1cccc(C2CC(O)CN2Cc2nnnn2C)c1. The van der Waals surface area contributed by atoms with Gasteiger partial charge in [0, 0.05) is 19.6 Å². The number of aliphatic hydroxyl groups excluding tert-OH is 1. The molecule has 1 saturated heterocycles. The highest BCUT2D eigenvalue weighted by Crippen LogP contribution is 2.34. The van der Waals surface area contributed by atoms with Crippen LogP contribution in [0.3, 0.4) is 0 Å². The molecule has 0 radical (unpaired) electrons. The average Bonchev–Trinajstić information content (AvgIpc) is 3.06. The smallest absolute Gasteiger partial charge is 0.165 e. The van der Waals surface area contributed by atoms with E-state index in [1.807, 2.05) is 25.2 Å². The number of methoxy groups -OCH3 is 1. The zero-order valence-electron chi connectivity index (χ0n) is 12.2. The van der Waals surface area contributed by atoms with Crippen LogP contribution in [0.4, 0.5) is 0 Å². The van der Waals surface area contributed by atoms with Gasteiger partial charge in [-0.15, -0.1) is 5.10 Å². The van der Waals surface area contributed by atoms with E-state index in [9.17, 15) is 5.11 Å². The molecule has 3 rings (SSSR count). The third-order valence-corrected chi connectivity index (χ3v) is 3.91. The molecule has 0 spiro atoms. The molecule has 1 aromatic heterocycles. The van der Waals surface area contributed by atoms with Crippen LogP contribution < -0.4 is 4.74 Å². The predicted molar refractivity (Wildman–Crippen MR) is 75.6 cm³/mol. The van der Waals surface area contributed by atoms with E-state index in [1.54, 1.807) is 11.8 Å². The van der Waals surface area contributed by atoms with Gasteiger partial charge >= 0.3 is 0 Å². The lowest BCUT2D eigenvalue weighted by atomic mass is 10.0. The van der Waals surface area contributed by atoms with Crippen LogP contribution in [0, 0.1) is 0 Å². The van der Waals surface area contributed by atoms with Gasteiger partial charge in [-0.3, -0.25) is 4.90 Å². The normalized spacial score (nSPS) is 22.6. The molecule has 112 valence electrons. The lowest BCUT2D eigenvalue weighted by Crippen LogP contribution is -2.26. The van der Waals surface area contributed by atoms with E-state index in [-0.39, 0.29) is 12.1 Å². The molecule has 0 aliphatic carbocycles. The minimum Gasteiger partial charge on any atom is -0.497 e. The van der Waals surface area contributed by atoms with E-state index in [4.69, 9.17) is 4.74 Å². The van der Waals surface area contributed by atoms with Crippen molar-refractivity contribution in [2.24, 2.45) is 7.05 Å². The van der Waals surface area contributed by atoms with E-state index in [1.165, 1.54) is 0 Å². The highest BCUT2D eigenvalue weighted by Gasteiger charge is 2.33. The van der Waals surface area contributed by atoms with Gasteiger partial charge in [-0.05, 0) is 34.5 Å². The number of aromatic nitrogens is 4. The number of aryl methyl sites for hydroxylation is 1. The molecule has 1 aliphatic rings. The maximum atomic E-state index is 10.0. The Morgan fingerprint density at radius 2 is 2.29 bits per heavy atom.